The average molecular weight is 178 g/mol. The van der Waals surface area contributed by atoms with Gasteiger partial charge >= 0.3 is 0 Å². The lowest BCUT2D eigenvalue weighted by Gasteiger charge is -2.24. The van der Waals surface area contributed by atoms with Crippen molar-refractivity contribution in [3.05, 3.63) is 22.9 Å². The molecule has 1 atom stereocenters. The number of anilines is 1. The zero-order valence-electron chi connectivity index (χ0n) is 7.96. The van der Waals surface area contributed by atoms with Crippen LogP contribution in [0.15, 0.2) is 6.07 Å². The molecule has 3 nitrogen and oxygen atoms in total. The summed E-state index contributed by atoms with van der Waals surface area (Å²) >= 11 is 0. The highest BCUT2D eigenvalue weighted by atomic mass is 16.3. The molecule has 3 heteroatoms. The molecule has 70 valence electrons. The van der Waals surface area contributed by atoms with Crippen LogP contribution >= 0.6 is 0 Å². The van der Waals surface area contributed by atoms with Gasteiger partial charge in [0.1, 0.15) is 5.82 Å². The van der Waals surface area contributed by atoms with Gasteiger partial charge in [0.05, 0.1) is 6.10 Å². The molecule has 0 radical (unpaired) electrons. The maximum atomic E-state index is 9.75. The monoisotopic (exact) mass is 178 g/mol. The lowest BCUT2D eigenvalue weighted by atomic mass is 9.98. The number of fused-ring (bicyclic) bond motifs is 1. The summed E-state index contributed by atoms with van der Waals surface area (Å²) in [6, 6.07) is 2.01. The Bertz CT molecular complexity index is 336. The van der Waals surface area contributed by atoms with E-state index in [1.165, 1.54) is 0 Å². The lowest BCUT2D eigenvalue weighted by Crippen LogP contribution is -2.19. The molecule has 0 aliphatic carbocycles. The number of nitrogens with zero attached hydrogens (tertiary/aromatic N) is 1. The van der Waals surface area contributed by atoms with Gasteiger partial charge in [-0.05, 0) is 31.9 Å². The summed E-state index contributed by atoms with van der Waals surface area (Å²) in [4.78, 5) is 4.35. The van der Waals surface area contributed by atoms with Crippen molar-refractivity contribution in [1.29, 1.82) is 0 Å². The number of nitrogens with one attached hydrogen (secondary N) is 1. The summed E-state index contributed by atoms with van der Waals surface area (Å²) in [5.41, 5.74) is 3.09. The Hall–Kier alpha value is -1.09. The van der Waals surface area contributed by atoms with E-state index < -0.39 is 0 Å². The molecule has 0 unspecified atom stereocenters. The predicted molar refractivity (Wildman–Crippen MR) is 51.8 cm³/mol. The molecule has 0 saturated carbocycles. The quantitative estimate of drug-likeness (QED) is 0.633. The number of hydrogen-bond donors (Lipinski definition) is 2. The molecular formula is C10H14N2O. The minimum Gasteiger partial charge on any atom is -0.388 e. The first-order chi connectivity index (χ1) is 6.18. The largest absolute Gasteiger partial charge is 0.388 e. The minimum absolute atomic E-state index is 0.343. The van der Waals surface area contributed by atoms with Crippen LogP contribution in [0.1, 0.15) is 29.3 Å². The van der Waals surface area contributed by atoms with Gasteiger partial charge in [-0.15, -0.1) is 0 Å². The lowest BCUT2D eigenvalue weighted by molar-refractivity contribution is 0.167. The fourth-order valence-corrected chi connectivity index (χ4v) is 1.87. The second-order valence-electron chi connectivity index (χ2n) is 3.57. The van der Waals surface area contributed by atoms with Crippen LogP contribution in [0.3, 0.4) is 0 Å². The summed E-state index contributed by atoms with van der Waals surface area (Å²) in [7, 11) is 0. The van der Waals surface area contributed by atoms with Gasteiger partial charge in [-0.25, -0.2) is 4.98 Å². The third kappa shape index (κ3) is 1.40. The number of aryl methyl sites for hydroxylation is 2. The topological polar surface area (TPSA) is 45.2 Å². The Morgan fingerprint density at radius 3 is 3.08 bits per heavy atom. The Kier molecular flexibility index (Phi) is 1.96. The van der Waals surface area contributed by atoms with E-state index in [0.717, 1.165) is 35.6 Å². The minimum atomic E-state index is -0.343. The first kappa shape index (κ1) is 8.51. The summed E-state index contributed by atoms with van der Waals surface area (Å²) < 4.78 is 0. The van der Waals surface area contributed by atoms with Crippen LogP contribution in [0.2, 0.25) is 0 Å². The molecule has 2 heterocycles. The van der Waals surface area contributed by atoms with Gasteiger partial charge in [-0.1, -0.05) is 0 Å². The van der Waals surface area contributed by atoms with E-state index in [-0.39, 0.29) is 6.10 Å². The Labute approximate surface area is 77.8 Å². The van der Waals surface area contributed by atoms with E-state index in [4.69, 9.17) is 0 Å². The van der Waals surface area contributed by atoms with E-state index in [0.29, 0.717) is 0 Å². The van der Waals surface area contributed by atoms with Crippen LogP contribution in [-0.2, 0) is 0 Å². The van der Waals surface area contributed by atoms with Gasteiger partial charge < -0.3 is 10.4 Å². The SMILES string of the molecule is Cc1cc(C)c2c(n1)NCC[C@@H]2O. The van der Waals surface area contributed by atoms with Crippen LogP contribution in [-0.4, -0.2) is 16.6 Å². The molecule has 1 aromatic rings. The number of pyridine rings is 1. The van der Waals surface area contributed by atoms with Crippen molar-refractivity contribution in [1.82, 2.24) is 4.98 Å². The summed E-state index contributed by atoms with van der Waals surface area (Å²) in [5, 5.41) is 13.0. The summed E-state index contributed by atoms with van der Waals surface area (Å²) in [5.74, 6) is 0.858. The molecule has 1 aromatic heterocycles. The Morgan fingerprint density at radius 1 is 1.54 bits per heavy atom. The first-order valence-electron chi connectivity index (χ1n) is 4.58. The van der Waals surface area contributed by atoms with E-state index in [1.807, 2.05) is 19.9 Å². The van der Waals surface area contributed by atoms with E-state index in [2.05, 4.69) is 10.3 Å². The Morgan fingerprint density at radius 2 is 2.31 bits per heavy atom. The Balaban J connectivity index is 2.56. The van der Waals surface area contributed by atoms with Crippen molar-refractivity contribution in [3.63, 3.8) is 0 Å². The first-order valence-corrected chi connectivity index (χ1v) is 4.58. The van der Waals surface area contributed by atoms with Gasteiger partial charge in [-0.3, -0.25) is 0 Å². The highest BCUT2D eigenvalue weighted by Crippen LogP contribution is 2.30. The van der Waals surface area contributed by atoms with Gasteiger partial charge in [0, 0.05) is 17.8 Å². The van der Waals surface area contributed by atoms with Crippen LogP contribution in [0.5, 0.6) is 0 Å². The maximum Gasteiger partial charge on any atom is 0.132 e. The third-order valence-corrected chi connectivity index (χ3v) is 2.44. The molecule has 1 aliphatic rings. The molecule has 1 aliphatic heterocycles. The highest BCUT2D eigenvalue weighted by Gasteiger charge is 2.20. The second kappa shape index (κ2) is 3.00. The molecule has 0 spiro atoms. The number of aliphatic hydroxyl groups is 1. The van der Waals surface area contributed by atoms with E-state index >= 15 is 0 Å². The van der Waals surface area contributed by atoms with Crippen LogP contribution in [0.4, 0.5) is 5.82 Å². The van der Waals surface area contributed by atoms with Crippen LogP contribution in [0.25, 0.3) is 0 Å². The number of hydrogen-bond acceptors (Lipinski definition) is 3. The van der Waals surface area contributed by atoms with Crippen molar-refractivity contribution in [2.75, 3.05) is 11.9 Å². The number of aromatic nitrogens is 1. The normalized spacial score (nSPS) is 20.7. The zero-order valence-corrected chi connectivity index (χ0v) is 7.96. The van der Waals surface area contributed by atoms with Crippen molar-refractivity contribution in [3.8, 4) is 0 Å². The number of rotatable bonds is 0. The fourth-order valence-electron chi connectivity index (χ4n) is 1.87. The van der Waals surface area contributed by atoms with E-state index in [1.54, 1.807) is 0 Å². The third-order valence-electron chi connectivity index (χ3n) is 2.44. The summed E-state index contributed by atoms with van der Waals surface area (Å²) in [6.45, 7) is 4.80. The molecule has 0 saturated heterocycles. The molecule has 2 rings (SSSR count). The van der Waals surface area contributed by atoms with Crippen molar-refractivity contribution in [2.45, 2.75) is 26.4 Å². The molecular weight excluding hydrogens is 164 g/mol. The molecule has 0 aromatic carbocycles. The van der Waals surface area contributed by atoms with Crippen molar-refractivity contribution < 1.29 is 5.11 Å². The summed E-state index contributed by atoms with van der Waals surface area (Å²) in [6.07, 6.45) is 0.433. The highest BCUT2D eigenvalue weighted by molar-refractivity contribution is 5.52. The van der Waals surface area contributed by atoms with Gasteiger partial charge in [0.15, 0.2) is 0 Å². The van der Waals surface area contributed by atoms with Crippen LogP contribution < -0.4 is 5.32 Å². The fraction of sp³-hybridized carbons (Fsp3) is 0.500. The van der Waals surface area contributed by atoms with Crippen molar-refractivity contribution >= 4 is 5.82 Å². The van der Waals surface area contributed by atoms with Crippen LogP contribution in [0, 0.1) is 13.8 Å². The van der Waals surface area contributed by atoms with Crippen molar-refractivity contribution in [2.24, 2.45) is 0 Å². The second-order valence-corrected chi connectivity index (χ2v) is 3.57. The van der Waals surface area contributed by atoms with E-state index in [9.17, 15) is 5.11 Å². The van der Waals surface area contributed by atoms with Gasteiger partial charge in [0.25, 0.3) is 0 Å². The molecule has 0 amide bonds. The molecule has 2 N–H and O–H groups in total. The molecule has 0 bridgehead atoms. The van der Waals surface area contributed by atoms with Gasteiger partial charge in [0.2, 0.25) is 0 Å². The smallest absolute Gasteiger partial charge is 0.132 e. The molecule has 0 fully saturated rings. The number of aliphatic hydroxyl groups excluding tert-OH is 1. The standard InChI is InChI=1S/C10H14N2O/c1-6-5-7(2)12-10-9(6)8(13)3-4-11-10/h5,8,13H,3-4H2,1-2H3,(H,11,12)/t8-/m0/s1. The molecule has 13 heavy (non-hydrogen) atoms. The van der Waals surface area contributed by atoms with Gasteiger partial charge in [-0.2, -0.15) is 0 Å². The maximum absolute atomic E-state index is 9.75. The average Bonchev–Trinajstić information content (AvgIpc) is 2.02. The zero-order chi connectivity index (χ0) is 9.42. The predicted octanol–water partition coefficient (Wildman–Crippen LogP) is 1.55.